The molecule has 1 saturated heterocycles. The van der Waals surface area contributed by atoms with Gasteiger partial charge in [-0.15, -0.1) is 0 Å². The highest BCUT2D eigenvalue weighted by Gasteiger charge is 2.12. The fraction of sp³-hybridized carbons (Fsp3) is 0.462. The molecule has 0 aliphatic carbocycles. The predicted molar refractivity (Wildman–Crippen MR) is 68.4 cm³/mol. The van der Waals surface area contributed by atoms with E-state index in [9.17, 15) is 0 Å². The summed E-state index contributed by atoms with van der Waals surface area (Å²) in [6.07, 6.45) is 1.91. The summed E-state index contributed by atoms with van der Waals surface area (Å²) in [6, 6.07) is 6.49. The van der Waals surface area contributed by atoms with Gasteiger partial charge in [-0.2, -0.15) is 0 Å². The first-order valence-corrected chi connectivity index (χ1v) is 6.16. The van der Waals surface area contributed by atoms with E-state index < -0.39 is 0 Å². The number of benzene rings is 1. The zero-order valence-electron chi connectivity index (χ0n) is 10.1. The average molecular weight is 231 g/mol. The molecule has 1 aliphatic rings. The lowest BCUT2D eigenvalue weighted by atomic mass is 10.2. The van der Waals surface area contributed by atoms with E-state index in [1.807, 2.05) is 6.33 Å². The van der Waals surface area contributed by atoms with Gasteiger partial charge in [0.25, 0.3) is 0 Å². The van der Waals surface area contributed by atoms with Crippen molar-refractivity contribution in [3.8, 4) is 0 Å². The predicted octanol–water partition coefficient (Wildman–Crippen LogP) is 1.89. The number of nitrogens with zero attached hydrogens (tertiary/aromatic N) is 3. The molecule has 0 bridgehead atoms. The summed E-state index contributed by atoms with van der Waals surface area (Å²) in [5.41, 5.74) is 3.57. The highest BCUT2D eigenvalue weighted by Crippen LogP contribution is 2.22. The van der Waals surface area contributed by atoms with Gasteiger partial charge in [-0.3, -0.25) is 0 Å². The van der Waals surface area contributed by atoms with Crippen LogP contribution in [0.2, 0.25) is 0 Å². The van der Waals surface area contributed by atoms with Crippen molar-refractivity contribution in [3.63, 3.8) is 0 Å². The molecule has 3 rings (SSSR count). The summed E-state index contributed by atoms with van der Waals surface area (Å²) in [7, 11) is 0. The molecule has 17 heavy (non-hydrogen) atoms. The van der Waals surface area contributed by atoms with Crippen LogP contribution < -0.4 is 4.90 Å². The lowest BCUT2D eigenvalue weighted by molar-refractivity contribution is 0.122. The highest BCUT2D eigenvalue weighted by molar-refractivity contribution is 5.79. The SMILES string of the molecule is CCn1cnc2ccc(N3CCOCC3)cc21. The molecule has 4 nitrogen and oxygen atoms in total. The van der Waals surface area contributed by atoms with E-state index in [4.69, 9.17) is 4.74 Å². The maximum absolute atomic E-state index is 5.38. The largest absolute Gasteiger partial charge is 0.378 e. The third-order valence-electron chi connectivity index (χ3n) is 3.32. The Morgan fingerprint density at radius 1 is 1.29 bits per heavy atom. The minimum absolute atomic E-state index is 0.824. The maximum Gasteiger partial charge on any atom is 0.0958 e. The Balaban J connectivity index is 1.99. The Morgan fingerprint density at radius 2 is 2.12 bits per heavy atom. The van der Waals surface area contributed by atoms with Gasteiger partial charge in [-0.05, 0) is 25.1 Å². The van der Waals surface area contributed by atoms with Crippen LogP contribution in [0.15, 0.2) is 24.5 Å². The number of anilines is 1. The van der Waals surface area contributed by atoms with Crippen molar-refractivity contribution in [2.75, 3.05) is 31.2 Å². The molecule has 0 radical (unpaired) electrons. The number of aryl methyl sites for hydroxylation is 1. The number of hydrogen-bond acceptors (Lipinski definition) is 3. The second kappa shape index (κ2) is 4.37. The Hall–Kier alpha value is -1.55. The van der Waals surface area contributed by atoms with Crippen LogP contribution in [0.1, 0.15) is 6.92 Å². The average Bonchev–Trinajstić information content (AvgIpc) is 2.81. The van der Waals surface area contributed by atoms with Crippen molar-refractivity contribution >= 4 is 16.7 Å². The van der Waals surface area contributed by atoms with E-state index in [1.165, 1.54) is 11.2 Å². The summed E-state index contributed by atoms with van der Waals surface area (Å²) in [5, 5.41) is 0. The van der Waals surface area contributed by atoms with Crippen LogP contribution in [0, 0.1) is 0 Å². The van der Waals surface area contributed by atoms with Crippen LogP contribution in [-0.2, 0) is 11.3 Å². The fourth-order valence-corrected chi connectivity index (χ4v) is 2.32. The molecule has 0 amide bonds. The fourth-order valence-electron chi connectivity index (χ4n) is 2.32. The third-order valence-corrected chi connectivity index (χ3v) is 3.32. The molecular formula is C13H17N3O. The first-order chi connectivity index (χ1) is 8.38. The van der Waals surface area contributed by atoms with Crippen LogP contribution >= 0.6 is 0 Å². The first kappa shape index (κ1) is 10.6. The second-order valence-electron chi connectivity index (χ2n) is 4.30. The number of hydrogen-bond donors (Lipinski definition) is 0. The Morgan fingerprint density at radius 3 is 2.88 bits per heavy atom. The Labute approximate surface area is 101 Å². The molecule has 1 aromatic heterocycles. The van der Waals surface area contributed by atoms with Gasteiger partial charge in [0.05, 0.1) is 30.6 Å². The molecule has 0 N–H and O–H groups in total. The van der Waals surface area contributed by atoms with Gasteiger partial charge >= 0.3 is 0 Å². The van der Waals surface area contributed by atoms with Gasteiger partial charge < -0.3 is 14.2 Å². The van der Waals surface area contributed by atoms with Gasteiger partial charge in [0.15, 0.2) is 0 Å². The van der Waals surface area contributed by atoms with Gasteiger partial charge in [0.1, 0.15) is 0 Å². The van der Waals surface area contributed by atoms with Crippen LogP contribution in [0.25, 0.3) is 11.0 Å². The van der Waals surface area contributed by atoms with E-state index in [0.29, 0.717) is 0 Å². The monoisotopic (exact) mass is 231 g/mol. The normalized spacial score (nSPS) is 16.6. The van der Waals surface area contributed by atoms with Gasteiger partial charge in [0, 0.05) is 25.3 Å². The lowest BCUT2D eigenvalue weighted by Crippen LogP contribution is -2.36. The van der Waals surface area contributed by atoms with Gasteiger partial charge in [-0.25, -0.2) is 4.98 Å². The molecular weight excluding hydrogens is 214 g/mol. The molecule has 90 valence electrons. The van der Waals surface area contributed by atoms with E-state index in [-0.39, 0.29) is 0 Å². The van der Waals surface area contributed by atoms with Crippen LogP contribution in [0.5, 0.6) is 0 Å². The number of fused-ring (bicyclic) bond motifs is 1. The summed E-state index contributed by atoms with van der Waals surface area (Å²) >= 11 is 0. The number of morpholine rings is 1. The maximum atomic E-state index is 5.38. The number of aromatic nitrogens is 2. The zero-order chi connectivity index (χ0) is 11.7. The molecule has 0 saturated carbocycles. The van der Waals surface area contributed by atoms with Crippen molar-refractivity contribution in [2.24, 2.45) is 0 Å². The van der Waals surface area contributed by atoms with E-state index in [0.717, 1.165) is 38.4 Å². The van der Waals surface area contributed by atoms with Crippen LogP contribution in [-0.4, -0.2) is 35.9 Å². The highest BCUT2D eigenvalue weighted by atomic mass is 16.5. The van der Waals surface area contributed by atoms with Gasteiger partial charge in [-0.1, -0.05) is 0 Å². The second-order valence-corrected chi connectivity index (χ2v) is 4.30. The quantitative estimate of drug-likeness (QED) is 0.790. The van der Waals surface area contributed by atoms with Crippen LogP contribution in [0.4, 0.5) is 5.69 Å². The molecule has 4 heteroatoms. The molecule has 0 atom stereocenters. The van der Waals surface area contributed by atoms with Gasteiger partial charge in [0.2, 0.25) is 0 Å². The van der Waals surface area contributed by atoms with E-state index >= 15 is 0 Å². The standard InChI is InChI=1S/C13H17N3O/c1-2-15-10-14-12-4-3-11(9-13(12)15)16-5-7-17-8-6-16/h3-4,9-10H,2,5-8H2,1H3. The molecule has 2 heterocycles. The number of imidazole rings is 1. The smallest absolute Gasteiger partial charge is 0.0958 e. The Bertz CT molecular complexity index is 514. The van der Waals surface area contributed by atoms with Crippen molar-refractivity contribution in [2.45, 2.75) is 13.5 Å². The topological polar surface area (TPSA) is 30.3 Å². The number of rotatable bonds is 2. The lowest BCUT2D eigenvalue weighted by Gasteiger charge is -2.28. The summed E-state index contributed by atoms with van der Waals surface area (Å²) in [4.78, 5) is 6.77. The van der Waals surface area contributed by atoms with Crippen molar-refractivity contribution < 1.29 is 4.74 Å². The molecule has 1 aliphatic heterocycles. The van der Waals surface area contributed by atoms with E-state index in [2.05, 4.69) is 39.6 Å². The third kappa shape index (κ3) is 1.89. The van der Waals surface area contributed by atoms with Crippen molar-refractivity contribution in [3.05, 3.63) is 24.5 Å². The molecule has 1 aromatic carbocycles. The zero-order valence-corrected chi connectivity index (χ0v) is 10.1. The molecule has 0 unspecified atom stereocenters. The van der Waals surface area contributed by atoms with Crippen molar-refractivity contribution in [1.29, 1.82) is 0 Å². The number of ether oxygens (including phenoxy) is 1. The van der Waals surface area contributed by atoms with E-state index in [1.54, 1.807) is 0 Å². The Kier molecular flexibility index (Phi) is 2.73. The first-order valence-electron chi connectivity index (χ1n) is 6.16. The minimum Gasteiger partial charge on any atom is -0.378 e. The molecule has 2 aromatic rings. The van der Waals surface area contributed by atoms with Crippen LogP contribution in [0.3, 0.4) is 0 Å². The molecule has 0 spiro atoms. The van der Waals surface area contributed by atoms with Crippen molar-refractivity contribution in [1.82, 2.24) is 9.55 Å². The summed E-state index contributed by atoms with van der Waals surface area (Å²) in [6.45, 7) is 6.71. The summed E-state index contributed by atoms with van der Waals surface area (Å²) in [5.74, 6) is 0. The summed E-state index contributed by atoms with van der Waals surface area (Å²) < 4.78 is 7.56. The molecule has 1 fully saturated rings. The minimum atomic E-state index is 0.824.